The zero-order valence-electron chi connectivity index (χ0n) is 21.0. The Morgan fingerprint density at radius 2 is 2.03 bits per heavy atom. The summed E-state index contributed by atoms with van der Waals surface area (Å²) in [6.45, 7) is 6.90. The van der Waals surface area contributed by atoms with Crippen molar-refractivity contribution in [2.75, 3.05) is 19.7 Å². The van der Waals surface area contributed by atoms with E-state index < -0.39 is 12.1 Å². The lowest BCUT2D eigenvalue weighted by molar-refractivity contribution is -0.130. The highest BCUT2D eigenvalue weighted by Crippen LogP contribution is 2.37. The topological polar surface area (TPSA) is 120 Å². The number of β-amino-alcohol motifs (C(OH)–C–C–N with tert-alkyl or cyclic N) is 1. The Labute approximate surface area is 210 Å². The van der Waals surface area contributed by atoms with E-state index in [0.717, 1.165) is 23.3 Å². The van der Waals surface area contributed by atoms with E-state index in [1.54, 1.807) is 11.8 Å². The van der Waals surface area contributed by atoms with Crippen molar-refractivity contribution in [1.82, 2.24) is 25.2 Å². The number of hydrogen-bond acceptors (Lipinski definition) is 6. The number of nitrogens with one attached hydrogen (secondary N) is 2. The number of aromatic amines is 1. The molecule has 1 saturated heterocycles. The van der Waals surface area contributed by atoms with Gasteiger partial charge >= 0.3 is 0 Å². The Balaban J connectivity index is 1.47. The molecule has 190 valence electrons. The SMILES string of the molecule is CCC(=O)N1C[C@H](O)[C@H](NC(=O)c2c(C)[nH]c3c(-c4cc(CC)ccc4OCC4CC4)ncnc23)C1. The fourth-order valence-corrected chi connectivity index (χ4v) is 4.80. The van der Waals surface area contributed by atoms with Gasteiger partial charge < -0.3 is 25.0 Å². The summed E-state index contributed by atoms with van der Waals surface area (Å²) in [5, 5.41) is 13.4. The fourth-order valence-electron chi connectivity index (χ4n) is 4.80. The van der Waals surface area contributed by atoms with E-state index in [0.29, 0.717) is 46.9 Å². The lowest BCUT2D eigenvalue weighted by atomic mass is 10.0. The quantitative estimate of drug-likeness (QED) is 0.446. The molecule has 2 fully saturated rings. The molecular weight excluding hydrogens is 458 g/mol. The van der Waals surface area contributed by atoms with Crippen molar-refractivity contribution < 1.29 is 19.4 Å². The van der Waals surface area contributed by atoms with Crippen molar-refractivity contribution in [1.29, 1.82) is 0 Å². The van der Waals surface area contributed by atoms with Crippen LogP contribution >= 0.6 is 0 Å². The Hall–Kier alpha value is -3.46. The van der Waals surface area contributed by atoms with Gasteiger partial charge in [0.2, 0.25) is 5.91 Å². The van der Waals surface area contributed by atoms with Crippen molar-refractivity contribution in [3.8, 4) is 17.0 Å². The number of nitrogens with zero attached hydrogens (tertiary/aromatic N) is 3. The van der Waals surface area contributed by atoms with Gasteiger partial charge in [-0.15, -0.1) is 0 Å². The maximum atomic E-state index is 13.4. The highest BCUT2D eigenvalue weighted by atomic mass is 16.5. The van der Waals surface area contributed by atoms with E-state index in [4.69, 9.17) is 4.74 Å². The summed E-state index contributed by atoms with van der Waals surface area (Å²) in [4.78, 5) is 39.3. The number of likely N-dealkylation sites (tertiary alicyclic amines) is 1. The van der Waals surface area contributed by atoms with E-state index in [1.165, 1.54) is 19.2 Å². The Morgan fingerprint density at radius 3 is 2.75 bits per heavy atom. The Morgan fingerprint density at radius 1 is 1.22 bits per heavy atom. The van der Waals surface area contributed by atoms with Gasteiger partial charge in [0.1, 0.15) is 23.3 Å². The number of aryl methyl sites for hydroxylation is 2. The summed E-state index contributed by atoms with van der Waals surface area (Å²) < 4.78 is 6.17. The number of carbonyl (C=O) groups excluding carboxylic acids is 2. The second kappa shape index (κ2) is 9.89. The predicted octanol–water partition coefficient (Wildman–Crippen LogP) is 3.00. The fraction of sp³-hybridized carbons (Fsp3) is 0.481. The molecule has 1 saturated carbocycles. The van der Waals surface area contributed by atoms with Gasteiger partial charge in [0.15, 0.2) is 0 Å². The molecule has 0 unspecified atom stereocenters. The van der Waals surface area contributed by atoms with E-state index in [-0.39, 0.29) is 24.9 Å². The maximum Gasteiger partial charge on any atom is 0.255 e. The molecule has 2 aromatic heterocycles. The molecule has 9 nitrogen and oxygen atoms in total. The summed E-state index contributed by atoms with van der Waals surface area (Å²) in [5.74, 6) is 1.00. The minimum atomic E-state index is -0.817. The molecule has 3 N–H and O–H groups in total. The molecule has 1 aromatic carbocycles. The zero-order chi connectivity index (χ0) is 25.4. The van der Waals surface area contributed by atoms with Gasteiger partial charge in [-0.3, -0.25) is 9.59 Å². The van der Waals surface area contributed by atoms with Crippen LogP contribution in [0.3, 0.4) is 0 Å². The molecule has 2 atom stereocenters. The average Bonchev–Trinajstić information content (AvgIpc) is 3.55. The van der Waals surface area contributed by atoms with Crippen molar-refractivity contribution in [2.24, 2.45) is 5.92 Å². The van der Waals surface area contributed by atoms with Crippen LogP contribution in [0.15, 0.2) is 24.5 Å². The van der Waals surface area contributed by atoms with Gasteiger partial charge in [-0.2, -0.15) is 0 Å². The standard InChI is InChI=1S/C27H33N5O4/c1-4-16-8-9-21(36-13-17-6-7-17)18(10-16)24-26-25(29-14-28-24)23(15(3)30-26)27(35)31-19-11-32(12-20(19)33)22(34)5-2/h8-10,14,17,19-20,30,33H,4-7,11-13H2,1-3H3,(H,31,35)/t19-,20+/m1/s1. The minimum absolute atomic E-state index is 0.0412. The highest BCUT2D eigenvalue weighted by molar-refractivity contribution is 6.09. The number of aromatic nitrogens is 3. The van der Waals surface area contributed by atoms with Crippen molar-refractivity contribution in [3.63, 3.8) is 0 Å². The molecule has 36 heavy (non-hydrogen) atoms. The second-order valence-electron chi connectivity index (χ2n) is 9.81. The van der Waals surface area contributed by atoms with Crippen LogP contribution in [-0.4, -0.2) is 68.6 Å². The summed E-state index contributed by atoms with van der Waals surface area (Å²) in [6, 6.07) is 5.62. The highest BCUT2D eigenvalue weighted by Gasteiger charge is 2.35. The molecule has 0 bridgehead atoms. The average molecular weight is 492 g/mol. The first-order valence-corrected chi connectivity index (χ1v) is 12.8. The molecule has 9 heteroatoms. The molecule has 3 heterocycles. The zero-order valence-corrected chi connectivity index (χ0v) is 21.0. The number of aliphatic hydroxyl groups is 1. The third kappa shape index (κ3) is 4.67. The number of fused-ring (bicyclic) bond motifs is 1. The summed E-state index contributed by atoms with van der Waals surface area (Å²) in [5.41, 5.74) is 4.97. The number of aliphatic hydroxyl groups excluding tert-OH is 1. The van der Waals surface area contributed by atoms with Crippen LogP contribution in [0, 0.1) is 12.8 Å². The van der Waals surface area contributed by atoms with Gasteiger partial charge in [0.25, 0.3) is 5.91 Å². The van der Waals surface area contributed by atoms with Crippen LogP contribution in [-0.2, 0) is 11.2 Å². The van der Waals surface area contributed by atoms with E-state index in [1.807, 2.05) is 13.0 Å². The smallest absolute Gasteiger partial charge is 0.255 e. The molecule has 2 aliphatic rings. The van der Waals surface area contributed by atoms with Crippen LogP contribution in [0.4, 0.5) is 0 Å². The van der Waals surface area contributed by atoms with E-state index in [2.05, 4.69) is 39.3 Å². The number of ether oxygens (including phenoxy) is 1. The van der Waals surface area contributed by atoms with Crippen molar-refractivity contribution >= 4 is 22.8 Å². The van der Waals surface area contributed by atoms with Crippen LogP contribution in [0.1, 0.15) is 54.7 Å². The monoisotopic (exact) mass is 491 g/mol. The number of carbonyl (C=O) groups is 2. The summed E-state index contributed by atoms with van der Waals surface area (Å²) >= 11 is 0. The lowest BCUT2D eigenvalue weighted by Gasteiger charge is -2.16. The first kappa shape index (κ1) is 24.2. The van der Waals surface area contributed by atoms with E-state index >= 15 is 0 Å². The number of benzene rings is 1. The number of H-pyrrole nitrogens is 1. The molecule has 3 aromatic rings. The van der Waals surface area contributed by atoms with E-state index in [9.17, 15) is 14.7 Å². The third-order valence-corrected chi connectivity index (χ3v) is 7.14. The number of hydrogen-bond donors (Lipinski definition) is 3. The summed E-state index contributed by atoms with van der Waals surface area (Å²) in [6.07, 6.45) is 4.30. The normalized spacial score (nSPS) is 19.6. The van der Waals surface area contributed by atoms with Crippen LogP contribution in [0.5, 0.6) is 5.75 Å². The minimum Gasteiger partial charge on any atom is -0.493 e. The molecule has 5 rings (SSSR count). The largest absolute Gasteiger partial charge is 0.493 e. The van der Waals surface area contributed by atoms with Crippen LogP contribution in [0.25, 0.3) is 22.3 Å². The first-order valence-electron chi connectivity index (χ1n) is 12.8. The maximum absolute atomic E-state index is 13.4. The Kier molecular flexibility index (Phi) is 6.66. The van der Waals surface area contributed by atoms with Gasteiger partial charge in [0.05, 0.1) is 29.8 Å². The molecule has 1 aliphatic carbocycles. The first-order chi connectivity index (χ1) is 17.4. The van der Waals surface area contributed by atoms with Crippen LogP contribution < -0.4 is 10.1 Å². The molecule has 0 radical (unpaired) electrons. The van der Waals surface area contributed by atoms with Crippen molar-refractivity contribution in [3.05, 3.63) is 41.3 Å². The van der Waals surface area contributed by atoms with Crippen LogP contribution in [0.2, 0.25) is 0 Å². The van der Waals surface area contributed by atoms with Gasteiger partial charge in [-0.1, -0.05) is 19.9 Å². The van der Waals surface area contributed by atoms with Gasteiger partial charge in [0, 0.05) is 30.8 Å². The molecule has 2 amide bonds. The Bertz CT molecular complexity index is 1300. The molecule has 0 spiro atoms. The number of amides is 2. The second-order valence-corrected chi connectivity index (χ2v) is 9.81. The van der Waals surface area contributed by atoms with Gasteiger partial charge in [-0.05, 0) is 49.8 Å². The molecular formula is C27H33N5O4. The van der Waals surface area contributed by atoms with Gasteiger partial charge in [-0.25, -0.2) is 9.97 Å². The predicted molar refractivity (Wildman–Crippen MR) is 136 cm³/mol. The molecule has 1 aliphatic heterocycles. The number of rotatable bonds is 8. The lowest BCUT2D eigenvalue weighted by Crippen LogP contribution is -2.43. The summed E-state index contributed by atoms with van der Waals surface area (Å²) in [7, 11) is 0. The van der Waals surface area contributed by atoms with Crippen molar-refractivity contribution in [2.45, 2.75) is 58.6 Å². The third-order valence-electron chi connectivity index (χ3n) is 7.14.